The fourth-order valence-electron chi connectivity index (χ4n) is 2.23. The number of rotatable bonds is 0. The molecular weight excluding hydrogens is 620 g/mol. The Balaban J connectivity index is 0. The molecule has 0 fully saturated rings. The first-order valence-corrected chi connectivity index (χ1v) is 8.26. The van der Waals surface area contributed by atoms with Gasteiger partial charge in [0.25, 0.3) is 0 Å². The molecule has 0 radical (unpaired) electrons. The zero-order valence-corrected chi connectivity index (χ0v) is 24.9. The standard InChI is InChI=1S/C9H6IN.C9H8N2.HI.K.HNO2.Na/c2*10-9-3-1-2-7-6-11-5-4-8(7)9;;;2-1-3;/h1-6H;1-6H,10H2;1H;;(H,2,3);/q;;;+1;;+1/p-2. The molecule has 0 amide bonds. The molecule has 0 spiro atoms. The SMILES string of the molecule is Ic1cccc2cnccc12.Nc1cccc2cnccc12.O=N[O-].[I-].[K+].[Na+]. The molecule has 0 saturated heterocycles. The number of fused-ring (bicyclic) bond motifs is 2. The first-order chi connectivity index (χ1) is 12.2. The van der Waals surface area contributed by atoms with Crippen LogP contribution in [0.3, 0.4) is 0 Å². The second-order valence-electron chi connectivity index (χ2n) is 4.86. The van der Waals surface area contributed by atoms with E-state index in [0.29, 0.717) is 0 Å². The number of halogens is 2. The topological polar surface area (TPSA) is 104 Å². The molecule has 10 heteroatoms. The van der Waals surface area contributed by atoms with Gasteiger partial charge in [0.05, 0.1) is 0 Å². The number of aromatic nitrogens is 2. The van der Waals surface area contributed by atoms with Crippen LogP contribution in [0.2, 0.25) is 0 Å². The molecule has 134 valence electrons. The summed E-state index contributed by atoms with van der Waals surface area (Å²) in [5, 5.41) is 13.7. The molecular formula is C18H14I2KN4NaO2. The first kappa shape index (κ1) is 30.7. The minimum atomic E-state index is 0. The molecule has 0 aliphatic heterocycles. The van der Waals surface area contributed by atoms with Gasteiger partial charge >= 0.3 is 80.9 Å². The van der Waals surface area contributed by atoms with Crippen LogP contribution in [0.1, 0.15) is 0 Å². The fraction of sp³-hybridized carbons (Fsp3) is 0. The third-order valence-electron chi connectivity index (χ3n) is 3.34. The zero-order chi connectivity index (χ0) is 18.1. The summed E-state index contributed by atoms with van der Waals surface area (Å²) in [7, 11) is 0. The molecule has 0 atom stereocenters. The number of hydrogen-bond acceptors (Lipinski definition) is 6. The van der Waals surface area contributed by atoms with Crippen LogP contribution in [0.15, 0.2) is 78.7 Å². The van der Waals surface area contributed by atoms with E-state index in [-0.39, 0.29) is 105 Å². The number of nitrogens with zero attached hydrogens (tertiary/aromatic N) is 3. The largest absolute Gasteiger partial charge is 1.00 e. The van der Waals surface area contributed by atoms with Crippen LogP contribution in [0.5, 0.6) is 0 Å². The van der Waals surface area contributed by atoms with Gasteiger partial charge in [-0.25, -0.2) is 0 Å². The molecule has 4 rings (SSSR count). The van der Waals surface area contributed by atoms with Crippen molar-refractivity contribution in [2.45, 2.75) is 0 Å². The van der Waals surface area contributed by atoms with Gasteiger partial charge in [-0.15, -0.1) is 5.34 Å². The van der Waals surface area contributed by atoms with Crippen molar-refractivity contribution in [3.8, 4) is 0 Å². The molecule has 2 N–H and O–H groups in total. The number of nitrogen functional groups attached to an aromatic ring is 1. The maximum absolute atomic E-state index is 8.00. The molecule has 28 heavy (non-hydrogen) atoms. The van der Waals surface area contributed by atoms with Gasteiger partial charge in [0.2, 0.25) is 0 Å². The minimum Gasteiger partial charge on any atom is -1.00 e. The van der Waals surface area contributed by atoms with Crippen molar-refractivity contribution in [1.82, 2.24) is 9.97 Å². The number of hydrogen-bond donors (Lipinski definition) is 1. The van der Waals surface area contributed by atoms with Crippen LogP contribution >= 0.6 is 22.6 Å². The quantitative estimate of drug-likeness (QED) is 0.0698. The van der Waals surface area contributed by atoms with E-state index < -0.39 is 0 Å². The summed E-state index contributed by atoms with van der Waals surface area (Å²) >= 11 is 2.33. The van der Waals surface area contributed by atoms with Gasteiger partial charge in [-0.05, 0) is 52.2 Å². The summed E-state index contributed by atoms with van der Waals surface area (Å²) in [4.78, 5) is 16.0. The average molecular weight is 634 g/mol. The molecule has 0 unspecified atom stereocenters. The monoisotopic (exact) mass is 634 g/mol. The summed E-state index contributed by atoms with van der Waals surface area (Å²) in [6, 6.07) is 16.0. The summed E-state index contributed by atoms with van der Waals surface area (Å²) in [6.07, 6.45) is 7.27. The van der Waals surface area contributed by atoms with Crippen molar-refractivity contribution >= 4 is 49.8 Å². The number of nitrogens with two attached hydrogens (primary N) is 1. The van der Waals surface area contributed by atoms with Gasteiger partial charge in [0.15, 0.2) is 0 Å². The Hall–Kier alpha value is 0.556. The van der Waals surface area contributed by atoms with E-state index in [9.17, 15) is 0 Å². The van der Waals surface area contributed by atoms with E-state index in [1.54, 1.807) is 6.20 Å². The number of benzene rings is 2. The Morgan fingerprint density at radius 3 is 1.86 bits per heavy atom. The molecule has 2 aromatic carbocycles. The molecule has 4 aromatic rings. The van der Waals surface area contributed by atoms with Crippen LogP contribution in [-0.4, -0.2) is 9.97 Å². The van der Waals surface area contributed by atoms with Crippen LogP contribution in [0, 0.1) is 13.7 Å². The molecule has 6 nitrogen and oxygen atoms in total. The molecule has 2 heterocycles. The van der Waals surface area contributed by atoms with Gasteiger partial charge < -0.3 is 39.8 Å². The van der Waals surface area contributed by atoms with Gasteiger partial charge in [-0.2, -0.15) is 0 Å². The summed E-state index contributed by atoms with van der Waals surface area (Å²) in [5.41, 5.74) is 6.54. The Morgan fingerprint density at radius 2 is 1.36 bits per heavy atom. The summed E-state index contributed by atoms with van der Waals surface area (Å²) in [6.45, 7) is 0. The van der Waals surface area contributed by atoms with E-state index in [0.717, 1.165) is 21.8 Å². The van der Waals surface area contributed by atoms with Gasteiger partial charge in [0.1, 0.15) is 0 Å². The predicted octanol–water partition coefficient (Wildman–Crippen LogP) is -4.08. The van der Waals surface area contributed by atoms with Gasteiger partial charge in [-0.1, -0.05) is 24.3 Å². The molecule has 0 aliphatic rings. The van der Waals surface area contributed by atoms with E-state index in [1.807, 2.05) is 55.0 Å². The Kier molecular flexibility index (Phi) is 19.0. The third kappa shape index (κ3) is 9.58. The second-order valence-corrected chi connectivity index (χ2v) is 6.02. The van der Waals surface area contributed by atoms with Crippen LogP contribution in [0.25, 0.3) is 21.5 Å². The molecule has 2 aromatic heterocycles. The zero-order valence-electron chi connectivity index (χ0n) is 15.4. The van der Waals surface area contributed by atoms with E-state index >= 15 is 0 Å². The van der Waals surface area contributed by atoms with Gasteiger partial charge in [0, 0.05) is 50.2 Å². The van der Waals surface area contributed by atoms with Crippen LogP contribution < -0.4 is 111 Å². The van der Waals surface area contributed by atoms with Crippen molar-refractivity contribution in [3.05, 3.63) is 87.0 Å². The minimum absolute atomic E-state index is 0. The van der Waals surface area contributed by atoms with Crippen molar-refractivity contribution in [2.75, 3.05) is 5.73 Å². The first-order valence-electron chi connectivity index (χ1n) is 7.19. The number of pyridine rings is 2. The second kappa shape index (κ2) is 17.3. The maximum atomic E-state index is 8.00. The van der Waals surface area contributed by atoms with Crippen molar-refractivity contribution in [3.63, 3.8) is 0 Å². The fourth-order valence-corrected chi connectivity index (χ4v) is 2.93. The van der Waals surface area contributed by atoms with Gasteiger partial charge in [-0.3, -0.25) is 9.97 Å². The number of anilines is 1. The van der Waals surface area contributed by atoms with E-state index in [1.165, 1.54) is 14.3 Å². The molecule has 0 aliphatic carbocycles. The molecule has 0 bridgehead atoms. The third-order valence-corrected chi connectivity index (χ3v) is 4.28. The van der Waals surface area contributed by atoms with Crippen molar-refractivity contribution < 1.29 is 105 Å². The summed E-state index contributed by atoms with van der Waals surface area (Å²) in [5.74, 6) is 0. The van der Waals surface area contributed by atoms with E-state index in [4.69, 9.17) is 15.8 Å². The Morgan fingerprint density at radius 1 is 0.893 bits per heavy atom. The predicted molar refractivity (Wildman–Crippen MR) is 110 cm³/mol. The van der Waals surface area contributed by atoms with Crippen LogP contribution in [0.4, 0.5) is 5.69 Å². The summed E-state index contributed by atoms with van der Waals surface area (Å²) < 4.78 is 1.28. The normalized spacial score (nSPS) is 8.46. The van der Waals surface area contributed by atoms with Crippen molar-refractivity contribution in [1.29, 1.82) is 0 Å². The maximum Gasteiger partial charge on any atom is 1.00 e. The molecule has 0 saturated carbocycles. The van der Waals surface area contributed by atoms with Crippen molar-refractivity contribution in [2.24, 2.45) is 5.34 Å². The Bertz CT molecular complexity index is 908. The average Bonchev–Trinajstić information content (AvgIpc) is 2.64. The van der Waals surface area contributed by atoms with E-state index in [2.05, 4.69) is 44.7 Å². The smallest absolute Gasteiger partial charge is 1.00 e. The Labute approximate surface area is 258 Å². The van der Waals surface area contributed by atoms with Crippen LogP contribution in [-0.2, 0) is 0 Å².